The number of hydrogen-bond acceptors (Lipinski definition) is 7. The third kappa shape index (κ3) is 6.76. The second-order valence-electron chi connectivity index (χ2n) is 8.20. The van der Waals surface area contributed by atoms with Crippen LogP contribution in [0.1, 0.15) is 15.9 Å². The molecule has 0 radical (unpaired) electrons. The molecule has 40 heavy (non-hydrogen) atoms. The number of carboxylic acids is 1. The van der Waals surface area contributed by atoms with Crippen LogP contribution in [0.3, 0.4) is 0 Å². The number of hydrogen-bond donors (Lipinski definition) is 3. The van der Waals surface area contributed by atoms with Crippen molar-refractivity contribution in [2.75, 3.05) is 11.4 Å². The number of ketones is 1. The first-order valence-corrected chi connectivity index (χ1v) is 12.5. The molecule has 0 saturated heterocycles. The van der Waals surface area contributed by atoms with Gasteiger partial charge in [-0.1, -0.05) is 34.8 Å². The summed E-state index contributed by atoms with van der Waals surface area (Å²) in [7, 11) is 0. The molecule has 0 aliphatic carbocycles. The van der Waals surface area contributed by atoms with Crippen molar-refractivity contribution in [3.63, 3.8) is 0 Å². The van der Waals surface area contributed by atoms with Crippen molar-refractivity contribution in [3.05, 3.63) is 105 Å². The van der Waals surface area contributed by atoms with Crippen LogP contribution in [0.4, 0.5) is 10.5 Å². The number of phenolic OH excluding ortho intramolecular Hbond substituents is 2. The van der Waals surface area contributed by atoms with Gasteiger partial charge in [-0.05, 0) is 78.9 Å². The van der Waals surface area contributed by atoms with Crippen LogP contribution in [0.25, 0.3) is 0 Å². The van der Waals surface area contributed by atoms with Crippen LogP contribution in [0.2, 0.25) is 15.1 Å². The molecule has 0 bridgehead atoms. The van der Waals surface area contributed by atoms with Crippen molar-refractivity contribution < 1.29 is 39.2 Å². The number of aliphatic carboxylic acids is 1. The molecule has 0 aromatic heterocycles. The Bertz CT molecular complexity index is 1570. The van der Waals surface area contributed by atoms with Gasteiger partial charge in [-0.2, -0.15) is 0 Å². The molecular weight excluding hydrogens is 585 g/mol. The van der Waals surface area contributed by atoms with Crippen LogP contribution >= 0.6 is 34.8 Å². The van der Waals surface area contributed by atoms with Gasteiger partial charge in [0.05, 0.1) is 21.3 Å². The zero-order valence-electron chi connectivity index (χ0n) is 20.2. The monoisotopic (exact) mass is 601 g/mol. The SMILES string of the molecule is O=C(O)CN(C(=O)Oc1ccc(O)cc1)c1cc(Cl)c(Oc2ccc(O)c(C(=O)c3ccc(Cl)cc3)c2)c(Cl)c1. The van der Waals surface area contributed by atoms with E-state index < -0.39 is 24.4 Å². The van der Waals surface area contributed by atoms with Crippen LogP contribution < -0.4 is 14.4 Å². The van der Waals surface area contributed by atoms with Crippen LogP contribution in [0, 0.1) is 0 Å². The molecule has 0 aliphatic rings. The normalized spacial score (nSPS) is 10.6. The number of carboxylic acid groups (broad SMARTS) is 1. The van der Waals surface area contributed by atoms with E-state index in [-0.39, 0.29) is 55.6 Å². The molecular formula is C28H18Cl3NO8. The number of amides is 1. The van der Waals surface area contributed by atoms with E-state index in [9.17, 15) is 29.7 Å². The molecule has 4 aromatic carbocycles. The van der Waals surface area contributed by atoms with E-state index in [1.54, 1.807) is 12.1 Å². The minimum absolute atomic E-state index is 0.00200. The average molecular weight is 603 g/mol. The fourth-order valence-corrected chi connectivity index (χ4v) is 4.18. The fraction of sp³-hybridized carbons (Fsp3) is 0.0357. The predicted molar refractivity (Wildman–Crippen MR) is 149 cm³/mol. The van der Waals surface area contributed by atoms with E-state index in [4.69, 9.17) is 44.3 Å². The van der Waals surface area contributed by atoms with Crippen LogP contribution in [-0.2, 0) is 4.79 Å². The molecule has 0 fully saturated rings. The summed E-state index contributed by atoms with van der Waals surface area (Å²) >= 11 is 18.7. The number of aromatic hydroxyl groups is 2. The molecule has 4 rings (SSSR count). The number of ether oxygens (including phenoxy) is 2. The van der Waals surface area contributed by atoms with Gasteiger partial charge in [0.15, 0.2) is 11.5 Å². The number of halogens is 3. The van der Waals surface area contributed by atoms with Crippen molar-refractivity contribution in [3.8, 4) is 28.7 Å². The molecule has 0 aliphatic heterocycles. The maximum atomic E-state index is 12.9. The first kappa shape index (κ1) is 28.6. The number of rotatable bonds is 8. The summed E-state index contributed by atoms with van der Waals surface area (Å²) in [5.74, 6) is -2.03. The Morgan fingerprint density at radius 3 is 1.98 bits per heavy atom. The molecule has 0 unspecified atom stereocenters. The molecule has 0 atom stereocenters. The Hall–Kier alpha value is -4.44. The largest absolute Gasteiger partial charge is 0.508 e. The van der Waals surface area contributed by atoms with Crippen molar-refractivity contribution >= 4 is 58.3 Å². The minimum Gasteiger partial charge on any atom is -0.508 e. The smallest absolute Gasteiger partial charge is 0.420 e. The summed E-state index contributed by atoms with van der Waals surface area (Å²) in [5, 5.41) is 29.3. The van der Waals surface area contributed by atoms with Gasteiger partial charge < -0.3 is 24.8 Å². The first-order valence-electron chi connectivity index (χ1n) is 11.3. The summed E-state index contributed by atoms with van der Waals surface area (Å²) in [6, 6.07) is 17.8. The minimum atomic E-state index is -1.34. The number of phenols is 2. The number of benzene rings is 4. The van der Waals surface area contributed by atoms with Gasteiger partial charge in [0.2, 0.25) is 0 Å². The second kappa shape index (κ2) is 12.2. The average Bonchev–Trinajstić information content (AvgIpc) is 2.91. The lowest BCUT2D eigenvalue weighted by atomic mass is 10.0. The standard InChI is InChI=1S/C28H18Cl3NO8/c29-16-3-1-15(2-4-16)26(37)21-13-20(9-10-24(21)34)39-27-22(30)11-17(12-23(27)31)32(14-25(35)36)28(38)40-19-7-5-18(33)6-8-19/h1-13,33-34H,14H2,(H,35,36). The van der Waals surface area contributed by atoms with Crippen molar-refractivity contribution in [2.45, 2.75) is 0 Å². The maximum absolute atomic E-state index is 12.9. The van der Waals surface area contributed by atoms with Crippen LogP contribution in [-0.4, -0.2) is 39.7 Å². The molecule has 9 nitrogen and oxygen atoms in total. The lowest BCUT2D eigenvalue weighted by molar-refractivity contribution is -0.135. The Balaban J connectivity index is 1.61. The Labute approximate surface area is 242 Å². The number of carbonyl (C=O) groups excluding carboxylic acids is 2. The molecule has 0 saturated carbocycles. The van der Waals surface area contributed by atoms with Gasteiger partial charge in [-0.25, -0.2) is 4.79 Å². The highest BCUT2D eigenvalue weighted by molar-refractivity contribution is 6.37. The predicted octanol–water partition coefficient (Wildman–Crippen LogP) is 7.17. The first-order chi connectivity index (χ1) is 19.0. The highest BCUT2D eigenvalue weighted by Crippen LogP contribution is 2.41. The van der Waals surface area contributed by atoms with E-state index in [0.717, 1.165) is 4.90 Å². The van der Waals surface area contributed by atoms with E-state index >= 15 is 0 Å². The third-order valence-corrected chi connectivity index (χ3v) is 6.20. The van der Waals surface area contributed by atoms with Gasteiger partial charge in [-0.15, -0.1) is 0 Å². The Kier molecular flexibility index (Phi) is 8.69. The van der Waals surface area contributed by atoms with E-state index in [2.05, 4.69) is 0 Å². The van der Waals surface area contributed by atoms with E-state index in [1.807, 2.05) is 0 Å². The molecule has 0 heterocycles. The van der Waals surface area contributed by atoms with Crippen LogP contribution in [0.15, 0.2) is 78.9 Å². The van der Waals surface area contributed by atoms with Gasteiger partial charge in [0, 0.05) is 10.6 Å². The lowest BCUT2D eigenvalue weighted by Gasteiger charge is -2.22. The maximum Gasteiger partial charge on any atom is 0.420 e. The number of carbonyl (C=O) groups is 3. The van der Waals surface area contributed by atoms with Gasteiger partial charge in [0.25, 0.3) is 0 Å². The van der Waals surface area contributed by atoms with Crippen LogP contribution in [0.5, 0.6) is 28.7 Å². The fourth-order valence-electron chi connectivity index (χ4n) is 3.50. The summed E-state index contributed by atoms with van der Waals surface area (Å²) in [5.41, 5.74) is 0.237. The van der Waals surface area contributed by atoms with Crippen molar-refractivity contribution in [1.29, 1.82) is 0 Å². The summed E-state index contributed by atoms with van der Waals surface area (Å²) in [4.78, 5) is 38.0. The topological polar surface area (TPSA) is 134 Å². The zero-order valence-corrected chi connectivity index (χ0v) is 22.4. The zero-order chi connectivity index (χ0) is 29.0. The molecule has 4 aromatic rings. The lowest BCUT2D eigenvalue weighted by Crippen LogP contribution is -2.37. The molecule has 1 amide bonds. The molecule has 204 valence electrons. The quantitative estimate of drug-likeness (QED) is 0.181. The van der Waals surface area contributed by atoms with Crippen molar-refractivity contribution in [2.24, 2.45) is 0 Å². The molecule has 0 spiro atoms. The molecule has 3 N–H and O–H groups in total. The van der Waals surface area contributed by atoms with E-state index in [1.165, 1.54) is 66.7 Å². The highest BCUT2D eigenvalue weighted by atomic mass is 35.5. The van der Waals surface area contributed by atoms with Crippen molar-refractivity contribution in [1.82, 2.24) is 0 Å². The number of anilines is 1. The highest BCUT2D eigenvalue weighted by Gasteiger charge is 2.24. The Morgan fingerprint density at radius 2 is 1.38 bits per heavy atom. The molecule has 12 heteroatoms. The number of nitrogens with zero attached hydrogens (tertiary/aromatic N) is 1. The Morgan fingerprint density at radius 1 is 0.775 bits per heavy atom. The second-order valence-corrected chi connectivity index (χ2v) is 9.45. The van der Waals surface area contributed by atoms with Gasteiger partial charge >= 0.3 is 12.1 Å². The third-order valence-electron chi connectivity index (χ3n) is 5.39. The summed E-state index contributed by atoms with van der Waals surface area (Å²) in [6.07, 6.45) is -1.04. The van der Waals surface area contributed by atoms with E-state index in [0.29, 0.717) is 5.02 Å². The summed E-state index contributed by atoms with van der Waals surface area (Å²) in [6.45, 7) is -0.780. The summed E-state index contributed by atoms with van der Waals surface area (Å²) < 4.78 is 11.0. The van der Waals surface area contributed by atoms with Gasteiger partial charge in [0.1, 0.15) is 29.5 Å². The van der Waals surface area contributed by atoms with Gasteiger partial charge in [-0.3, -0.25) is 14.5 Å².